The van der Waals surface area contributed by atoms with Gasteiger partial charge in [-0.2, -0.15) is 0 Å². The number of carboxylic acid groups (broad SMARTS) is 1. The topological polar surface area (TPSA) is 37.3 Å². The van der Waals surface area contributed by atoms with E-state index in [2.05, 4.69) is 6.58 Å². The van der Waals surface area contributed by atoms with Crippen molar-refractivity contribution in [1.82, 2.24) is 0 Å². The van der Waals surface area contributed by atoms with E-state index in [1.807, 2.05) is 13.8 Å². The molecule has 0 aliphatic heterocycles. The molecule has 1 atom stereocenters. The molecule has 0 saturated carbocycles. The highest BCUT2D eigenvalue weighted by Crippen LogP contribution is 2.17. The van der Waals surface area contributed by atoms with E-state index in [-0.39, 0.29) is 5.25 Å². The summed E-state index contributed by atoms with van der Waals surface area (Å²) in [6.45, 7) is 7.62. The van der Waals surface area contributed by atoms with Gasteiger partial charge in [0.2, 0.25) is 0 Å². The summed E-state index contributed by atoms with van der Waals surface area (Å²) in [5, 5.41) is 8.45. The first kappa shape index (κ1) is 11.6. The van der Waals surface area contributed by atoms with E-state index in [1.165, 1.54) is 11.8 Å². The Morgan fingerprint density at radius 2 is 2.25 bits per heavy atom. The molecule has 0 aromatic rings. The molecule has 0 rings (SSSR count). The summed E-state index contributed by atoms with van der Waals surface area (Å²) in [5.74, 6) is 0.157. The molecule has 0 fully saturated rings. The Labute approximate surface area is 78.0 Å². The monoisotopic (exact) mass is 188 g/mol. The number of carboxylic acids is 1. The highest BCUT2D eigenvalue weighted by Gasteiger charge is 2.14. The van der Waals surface area contributed by atoms with Gasteiger partial charge in [0.25, 0.3) is 0 Å². The minimum absolute atomic E-state index is 0.246. The third-order valence-electron chi connectivity index (χ3n) is 1.49. The van der Waals surface area contributed by atoms with Crippen molar-refractivity contribution in [2.75, 3.05) is 5.75 Å². The zero-order valence-electron chi connectivity index (χ0n) is 7.67. The van der Waals surface area contributed by atoms with Gasteiger partial charge in [-0.25, -0.2) is 0 Å². The van der Waals surface area contributed by atoms with Crippen LogP contribution in [-0.4, -0.2) is 22.1 Å². The molecule has 0 saturated heterocycles. The van der Waals surface area contributed by atoms with Gasteiger partial charge in [-0.1, -0.05) is 12.5 Å². The van der Waals surface area contributed by atoms with Gasteiger partial charge in [0.1, 0.15) is 5.25 Å². The van der Waals surface area contributed by atoms with E-state index < -0.39 is 5.97 Å². The van der Waals surface area contributed by atoms with Crippen LogP contribution in [0.15, 0.2) is 12.2 Å². The lowest BCUT2D eigenvalue weighted by molar-refractivity contribution is -0.136. The van der Waals surface area contributed by atoms with Gasteiger partial charge in [0, 0.05) is 0 Å². The van der Waals surface area contributed by atoms with Crippen LogP contribution in [0.2, 0.25) is 0 Å². The molecule has 0 aliphatic carbocycles. The molecule has 0 heterocycles. The van der Waals surface area contributed by atoms with Crippen LogP contribution in [-0.2, 0) is 4.79 Å². The number of thioether (sulfide) groups is 1. The first-order chi connectivity index (χ1) is 5.57. The van der Waals surface area contributed by atoms with E-state index >= 15 is 0 Å². The maximum atomic E-state index is 10.6. The second kappa shape index (κ2) is 6.12. The van der Waals surface area contributed by atoms with Gasteiger partial charge in [-0.05, 0) is 25.5 Å². The lowest BCUT2D eigenvalue weighted by Gasteiger charge is -2.08. The van der Waals surface area contributed by atoms with Gasteiger partial charge in [-0.3, -0.25) is 4.79 Å². The van der Waals surface area contributed by atoms with Crippen molar-refractivity contribution in [2.45, 2.75) is 31.9 Å². The second-order valence-electron chi connectivity index (χ2n) is 2.81. The summed E-state index contributed by atoms with van der Waals surface area (Å²) in [6, 6.07) is 0. The van der Waals surface area contributed by atoms with Crippen molar-refractivity contribution in [3.8, 4) is 0 Å². The summed E-state index contributed by atoms with van der Waals surface area (Å²) < 4.78 is 0. The standard InChI is InChI=1S/C9H16O2S/c1-4-8(9(10)11)12-6-5-7(2)3/h8H,2,4-6H2,1,3H3,(H,10,11). The van der Waals surface area contributed by atoms with Crippen LogP contribution in [0.1, 0.15) is 26.7 Å². The molecule has 0 amide bonds. The smallest absolute Gasteiger partial charge is 0.316 e. The average molecular weight is 188 g/mol. The predicted molar refractivity (Wildman–Crippen MR) is 53.6 cm³/mol. The molecular weight excluding hydrogens is 172 g/mol. The molecule has 0 spiro atoms. The van der Waals surface area contributed by atoms with Crippen LogP contribution in [0.3, 0.4) is 0 Å². The van der Waals surface area contributed by atoms with E-state index in [4.69, 9.17) is 5.11 Å². The molecule has 70 valence electrons. The maximum absolute atomic E-state index is 10.6. The fourth-order valence-corrected chi connectivity index (χ4v) is 1.87. The normalized spacial score (nSPS) is 12.5. The van der Waals surface area contributed by atoms with Crippen molar-refractivity contribution >= 4 is 17.7 Å². The molecule has 1 unspecified atom stereocenters. The van der Waals surface area contributed by atoms with Gasteiger partial charge < -0.3 is 5.11 Å². The fraction of sp³-hybridized carbons (Fsp3) is 0.667. The van der Waals surface area contributed by atoms with Crippen LogP contribution < -0.4 is 0 Å². The summed E-state index contributed by atoms with van der Waals surface area (Å²) in [7, 11) is 0. The van der Waals surface area contributed by atoms with E-state index in [1.54, 1.807) is 0 Å². The molecule has 0 bridgehead atoms. The molecule has 2 nitrogen and oxygen atoms in total. The molecule has 3 heteroatoms. The summed E-state index contributed by atoms with van der Waals surface area (Å²) in [4.78, 5) is 10.6. The second-order valence-corrected chi connectivity index (χ2v) is 4.12. The lowest BCUT2D eigenvalue weighted by Crippen LogP contribution is -2.15. The highest BCUT2D eigenvalue weighted by atomic mass is 32.2. The number of aliphatic carboxylic acids is 1. The van der Waals surface area contributed by atoms with Crippen LogP contribution in [0.4, 0.5) is 0 Å². The maximum Gasteiger partial charge on any atom is 0.316 e. The number of hydrogen-bond acceptors (Lipinski definition) is 2. The minimum atomic E-state index is -0.704. The largest absolute Gasteiger partial charge is 0.480 e. The average Bonchev–Trinajstić information content (AvgIpc) is 1.96. The summed E-state index contributed by atoms with van der Waals surface area (Å²) in [6.07, 6.45) is 1.60. The highest BCUT2D eigenvalue weighted by molar-refractivity contribution is 8.00. The van der Waals surface area contributed by atoms with Crippen molar-refractivity contribution in [2.24, 2.45) is 0 Å². The molecule has 0 radical (unpaired) electrons. The Morgan fingerprint density at radius 3 is 2.58 bits per heavy atom. The SMILES string of the molecule is C=C(C)CCSC(CC)C(=O)O. The molecule has 1 N–H and O–H groups in total. The third-order valence-corrected chi connectivity index (χ3v) is 2.87. The molecular formula is C9H16O2S. The zero-order valence-corrected chi connectivity index (χ0v) is 8.49. The number of carbonyl (C=O) groups is 1. The van der Waals surface area contributed by atoms with E-state index in [9.17, 15) is 4.79 Å². The van der Waals surface area contributed by atoms with Crippen LogP contribution in [0.25, 0.3) is 0 Å². The Bertz CT molecular complexity index is 166. The van der Waals surface area contributed by atoms with Crippen molar-refractivity contribution in [3.05, 3.63) is 12.2 Å². The summed E-state index contributed by atoms with van der Waals surface area (Å²) in [5.41, 5.74) is 1.11. The first-order valence-electron chi connectivity index (χ1n) is 4.06. The number of allylic oxidation sites excluding steroid dienone is 1. The van der Waals surface area contributed by atoms with Crippen molar-refractivity contribution in [3.63, 3.8) is 0 Å². The Hall–Kier alpha value is -0.440. The molecule has 0 aromatic carbocycles. The fourth-order valence-electron chi connectivity index (χ4n) is 0.739. The number of rotatable bonds is 6. The predicted octanol–water partition coefficient (Wildman–Crippen LogP) is 2.55. The molecule has 0 aromatic heterocycles. The van der Waals surface area contributed by atoms with Gasteiger partial charge >= 0.3 is 5.97 Å². The quantitative estimate of drug-likeness (QED) is 0.651. The van der Waals surface area contributed by atoms with Crippen LogP contribution in [0, 0.1) is 0 Å². The van der Waals surface area contributed by atoms with Gasteiger partial charge in [0.15, 0.2) is 0 Å². The minimum Gasteiger partial charge on any atom is -0.480 e. The first-order valence-corrected chi connectivity index (χ1v) is 5.11. The van der Waals surface area contributed by atoms with Crippen LogP contribution in [0.5, 0.6) is 0 Å². The van der Waals surface area contributed by atoms with Crippen molar-refractivity contribution < 1.29 is 9.90 Å². The zero-order chi connectivity index (χ0) is 9.56. The lowest BCUT2D eigenvalue weighted by atomic mass is 10.3. The van der Waals surface area contributed by atoms with Crippen LogP contribution >= 0.6 is 11.8 Å². The van der Waals surface area contributed by atoms with E-state index in [0.29, 0.717) is 6.42 Å². The van der Waals surface area contributed by atoms with Crippen molar-refractivity contribution in [1.29, 1.82) is 0 Å². The summed E-state index contributed by atoms with van der Waals surface area (Å²) >= 11 is 1.50. The number of hydrogen-bond donors (Lipinski definition) is 1. The van der Waals surface area contributed by atoms with Gasteiger partial charge in [0.05, 0.1) is 0 Å². The van der Waals surface area contributed by atoms with Gasteiger partial charge in [-0.15, -0.1) is 18.3 Å². The molecule has 12 heavy (non-hydrogen) atoms. The molecule has 0 aliphatic rings. The van der Waals surface area contributed by atoms with E-state index in [0.717, 1.165) is 17.7 Å². The Morgan fingerprint density at radius 1 is 1.67 bits per heavy atom. The third kappa shape index (κ3) is 5.24. The Balaban J connectivity index is 3.59. The Kier molecular flexibility index (Phi) is 5.89.